The highest BCUT2D eigenvalue weighted by molar-refractivity contribution is 5.36. The summed E-state index contributed by atoms with van der Waals surface area (Å²) >= 11 is 0. The summed E-state index contributed by atoms with van der Waals surface area (Å²) < 4.78 is 4.40. The first-order valence-corrected chi connectivity index (χ1v) is 7.74. The first-order valence-electron chi connectivity index (χ1n) is 7.74. The molecule has 0 aliphatic carbocycles. The van der Waals surface area contributed by atoms with Crippen molar-refractivity contribution in [2.75, 3.05) is 13.6 Å². The van der Waals surface area contributed by atoms with Gasteiger partial charge in [0.25, 0.3) is 0 Å². The molecule has 0 saturated carbocycles. The molecule has 0 fully saturated rings. The molecular formula is C16H20N6. The molecule has 0 saturated heterocycles. The molecule has 3 aromatic rings. The van der Waals surface area contributed by atoms with Crippen molar-refractivity contribution in [3.8, 4) is 0 Å². The first kappa shape index (κ1) is 13.5. The number of aromatic nitrogens is 5. The number of nitrogens with zero attached hydrogens (tertiary/aromatic N) is 6. The SMILES string of the molecule is CN(Cc1cnc2cnccn12)C[C@H]1CCc2nccn2C1. The third kappa shape index (κ3) is 2.50. The van der Waals surface area contributed by atoms with E-state index in [-0.39, 0.29) is 0 Å². The predicted octanol–water partition coefficient (Wildman–Crippen LogP) is 1.62. The van der Waals surface area contributed by atoms with E-state index in [1.165, 1.54) is 17.9 Å². The highest BCUT2D eigenvalue weighted by atomic mass is 15.1. The van der Waals surface area contributed by atoms with Gasteiger partial charge in [-0.25, -0.2) is 9.97 Å². The maximum Gasteiger partial charge on any atom is 0.155 e. The monoisotopic (exact) mass is 296 g/mol. The normalized spacial score (nSPS) is 18.0. The number of imidazole rings is 2. The minimum Gasteiger partial charge on any atom is -0.335 e. The molecule has 22 heavy (non-hydrogen) atoms. The van der Waals surface area contributed by atoms with E-state index in [4.69, 9.17) is 0 Å². The number of rotatable bonds is 4. The Bertz CT molecular complexity index is 774. The smallest absolute Gasteiger partial charge is 0.155 e. The average Bonchev–Trinajstić information content (AvgIpc) is 3.14. The van der Waals surface area contributed by atoms with Gasteiger partial charge in [0.05, 0.1) is 18.1 Å². The van der Waals surface area contributed by atoms with Crippen LogP contribution in [0.5, 0.6) is 0 Å². The zero-order valence-electron chi connectivity index (χ0n) is 12.8. The molecule has 4 heterocycles. The molecule has 0 radical (unpaired) electrons. The van der Waals surface area contributed by atoms with Crippen LogP contribution in [0.4, 0.5) is 0 Å². The van der Waals surface area contributed by atoms with Crippen LogP contribution in [0.2, 0.25) is 0 Å². The third-order valence-corrected chi connectivity index (χ3v) is 4.43. The van der Waals surface area contributed by atoms with E-state index in [0.717, 1.165) is 31.7 Å². The maximum absolute atomic E-state index is 4.40. The van der Waals surface area contributed by atoms with Gasteiger partial charge < -0.3 is 9.47 Å². The number of aryl methyl sites for hydroxylation is 1. The standard InChI is InChI=1S/C16H20N6/c1-20(10-13-2-3-15-18-5-6-21(15)11-13)12-14-8-19-16-9-17-4-7-22(14)16/h4-9,13H,2-3,10-12H2,1H3/t13-/m1/s1. The minimum absolute atomic E-state index is 0.688. The fraction of sp³-hybridized carbons (Fsp3) is 0.438. The van der Waals surface area contributed by atoms with Gasteiger partial charge in [0.1, 0.15) is 5.82 Å². The maximum atomic E-state index is 4.40. The number of hydrogen-bond donors (Lipinski definition) is 0. The molecule has 3 aromatic heterocycles. The van der Waals surface area contributed by atoms with Crippen LogP contribution in [0.3, 0.4) is 0 Å². The zero-order chi connectivity index (χ0) is 14.9. The van der Waals surface area contributed by atoms with Crippen molar-refractivity contribution in [3.63, 3.8) is 0 Å². The number of fused-ring (bicyclic) bond motifs is 2. The third-order valence-electron chi connectivity index (χ3n) is 4.43. The molecule has 6 heteroatoms. The van der Waals surface area contributed by atoms with Gasteiger partial charge in [0.2, 0.25) is 0 Å². The Morgan fingerprint density at radius 2 is 2.18 bits per heavy atom. The fourth-order valence-corrected chi connectivity index (χ4v) is 3.38. The van der Waals surface area contributed by atoms with Gasteiger partial charge in [0.15, 0.2) is 5.65 Å². The topological polar surface area (TPSA) is 51.3 Å². The number of hydrogen-bond acceptors (Lipinski definition) is 4. The van der Waals surface area contributed by atoms with E-state index in [1.54, 1.807) is 12.4 Å². The molecule has 0 aromatic carbocycles. The lowest BCUT2D eigenvalue weighted by Gasteiger charge is -2.28. The Labute approximate surface area is 129 Å². The summed E-state index contributed by atoms with van der Waals surface area (Å²) in [4.78, 5) is 15.3. The van der Waals surface area contributed by atoms with Crippen molar-refractivity contribution in [2.24, 2.45) is 5.92 Å². The minimum atomic E-state index is 0.688. The first-order chi connectivity index (χ1) is 10.8. The van der Waals surface area contributed by atoms with Crippen molar-refractivity contribution in [3.05, 3.63) is 48.7 Å². The van der Waals surface area contributed by atoms with Crippen LogP contribution >= 0.6 is 0 Å². The van der Waals surface area contributed by atoms with E-state index in [0.29, 0.717) is 5.92 Å². The Morgan fingerprint density at radius 1 is 1.23 bits per heavy atom. The van der Waals surface area contributed by atoms with E-state index < -0.39 is 0 Å². The Balaban J connectivity index is 1.42. The van der Waals surface area contributed by atoms with Crippen molar-refractivity contribution in [2.45, 2.75) is 25.9 Å². The summed E-state index contributed by atoms with van der Waals surface area (Å²) in [7, 11) is 2.18. The second-order valence-corrected chi connectivity index (χ2v) is 6.15. The van der Waals surface area contributed by atoms with Crippen LogP contribution in [-0.4, -0.2) is 42.4 Å². The van der Waals surface area contributed by atoms with Crippen molar-refractivity contribution in [1.82, 2.24) is 28.8 Å². The quantitative estimate of drug-likeness (QED) is 0.734. The van der Waals surface area contributed by atoms with Crippen LogP contribution in [0.25, 0.3) is 5.65 Å². The van der Waals surface area contributed by atoms with Crippen molar-refractivity contribution >= 4 is 5.65 Å². The van der Waals surface area contributed by atoms with E-state index in [9.17, 15) is 0 Å². The molecule has 1 aliphatic heterocycles. The van der Waals surface area contributed by atoms with Crippen LogP contribution in [0.1, 0.15) is 17.9 Å². The summed E-state index contributed by atoms with van der Waals surface area (Å²) in [6.07, 6.45) is 13.8. The Kier molecular flexibility index (Phi) is 3.38. The largest absolute Gasteiger partial charge is 0.335 e. The van der Waals surface area contributed by atoms with Crippen LogP contribution in [-0.2, 0) is 19.5 Å². The van der Waals surface area contributed by atoms with Gasteiger partial charge in [-0.3, -0.25) is 9.38 Å². The summed E-state index contributed by atoms with van der Waals surface area (Å²) in [5.41, 5.74) is 2.12. The summed E-state index contributed by atoms with van der Waals surface area (Å²) in [5.74, 6) is 1.92. The molecule has 0 unspecified atom stereocenters. The fourth-order valence-electron chi connectivity index (χ4n) is 3.38. The zero-order valence-corrected chi connectivity index (χ0v) is 12.8. The lowest BCUT2D eigenvalue weighted by Crippen LogP contribution is -2.31. The van der Waals surface area contributed by atoms with Gasteiger partial charge in [-0.2, -0.15) is 0 Å². The Hall–Kier alpha value is -2.21. The van der Waals surface area contributed by atoms with Gasteiger partial charge in [-0.1, -0.05) is 0 Å². The highest BCUT2D eigenvalue weighted by Gasteiger charge is 2.20. The molecule has 1 atom stereocenters. The van der Waals surface area contributed by atoms with Crippen molar-refractivity contribution < 1.29 is 0 Å². The van der Waals surface area contributed by atoms with E-state index >= 15 is 0 Å². The molecule has 0 amide bonds. The average molecular weight is 296 g/mol. The van der Waals surface area contributed by atoms with Crippen LogP contribution in [0.15, 0.2) is 37.2 Å². The van der Waals surface area contributed by atoms with Crippen LogP contribution < -0.4 is 0 Å². The molecule has 1 aliphatic rings. The summed E-state index contributed by atoms with van der Waals surface area (Å²) in [6.45, 7) is 3.07. The van der Waals surface area contributed by atoms with Crippen molar-refractivity contribution in [1.29, 1.82) is 0 Å². The molecule has 114 valence electrons. The van der Waals surface area contributed by atoms with Gasteiger partial charge in [-0.05, 0) is 19.4 Å². The van der Waals surface area contributed by atoms with E-state index in [2.05, 4.69) is 42.1 Å². The second-order valence-electron chi connectivity index (χ2n) is 6.15. The molecule has 4 rings (SSSR count). The predicted molar refractivity (Wildman–Crippen MR) is 83.4 cm³/mol. The molecular weight excluding hydrogens is 276 g/mol. The lowest BCUT2D eigenvalue weighted by atomic mass is 9.99. The molecule has 0 bridgehead atoms. The second kappa shape index (κ2) is 5.53. The molecule has 0 spiro atoms. The van der Waals surface area contributed by atoms with Gasteiger partial charge in [-0.15, -0.1) is 0 Å². The van der Waals surface area contributed by atoms with Gasteiger partial charge in [0, 0.05) is 50.8 Å². The summed E-state index contributed by atoms with van der Waals surface area (Å²) in [6, 6.07) is 0. The van der Waals surface area contributed by atoms with E-state index in [1.807, 2.05) is 18.6 Å². The molecule has 6 nitrogen and oxygen atoms in total. The highest BCUT2D eigenvalue weighted by Crippen LogP contribution is 2.20. The lowest BCUT2D eigenvalue weighted by molar-refractivity contribution is 0.227. The van der Waals surface area contributed by atoms with Crippen LogP contribution in [0, 0.1) is 5.92 Å². The Morgan fingerprint density at radius 3 is 3.14 bits per heavy atom. The molecule has 0 N–H and O–H groups in total. The van der Waals surface area contributed by atoms with Gasteiger partial charge >= 0.3 is 0 Å². The summed E-state index contributed by atoms with van der Waals surface area (Å²) in [5, 5.41) is 0.